The molecular weight excluding hydrogens is 408 g/mol. The Bertz CT molecular complexity index is 1000. The van der Waals surface area contributed by atoms with Gasteiger partial charge in [0.1, 0.15) is 11.6 Å². The number of nitrogens with one attached hydrogen (secondary N) is 1. The quantitative estimate of drug-likeness (QED) is 0.562. The Morgan fingerprint density at radius 3 is 2.43 bits per heavy atom. The number of thiophene rings is 1. The molecule has 0 aliphatic rings. The molecule has 0 atom stereocenters. The van der Waals surface area contributed by atoms with Crippen LogP contribution in [0.2, 0.25) is 0 Å². The number of nitrogens with two attached hydrogens (primary N) is 1. The van der Waals surface area contributed by atoms with Gasteiger partial charge in [0.2, 0.25) is 0 Å². The van der Waals surface area contributed by atoms with Crippen molar-refractivity contribution in [2.24, 2.45) is 5.73 Å². The van der Waals surface area contributed by atoms with Crippen LogP contribution in [0.15, 0.2) is 60.0 Å². The highest BCUT2D eigenvalue weighted by molar-refractivity contribution is 7.12. The zero-order valence-electron chi connectivity index (χ0n) is 16.1. The van der Waals surface area contributed by atoms with Gasteiger partial charge in [-0.15, -0.1) is 11.3 Å². The van der Waals surface area contributed by atoms with Crippen molar-refractivity contribution in [3.63, 3.8) is 0 Å². The molecule has 0 saturated carbocycles. The number of carbonyl (C=O) groups is 2. The van der Waals surface area contributed by atoms with Crippen molar-refractivity contribution in [1.29, 1.82) is 0 Å². The van der Waals surface area contributed by atoms with E-state index in [0.29, 0.717) is 35.6 Å². The highest BCUT2D eigenvalue weighted by Crippen LogP contribution is 2.21. The molecule has 0 unspecified atom stereocenters. The molecule has 0 radical (unpaired) electrons. The number of anilines is 1. The minimum atomic E-state index is -0.819. The SMILES string of the molecule is NCCCN(Cc1ccccc1NC(=O)c1cccs1)C(=O)c1cc(F)cc(F)c1. The van der Waals surface area contributed by atoms with Gasteiger partial charge in [0.25, 0.3) is 11.8 Å². The van der Waals surface area contributed by atoms with E-state index in [1.807, 2.05) is 5.38 Å². The maximum Gasteiger partial charge on any atom is 0.265 e. The zero-order chi connectivity index (χ0) is 21.5. The van der Waals surface area contributed by atoms with E-state index >= 15 is 0 Å². The Kier molecular flexibility index (Phi) is 7.26. The molecule has 0 bridgehead atoms. The third-order valence-corrected chi connectivity index (χ3v) is 5.27. The summed E-state index contributed by atoms with van der Waals surface area (Å²) in [6.45, 7) is 0.816. The first-order valence-corrected chi connectivity index (χ1v) is 10.2. The highest BCUT2D eigenvalue weighted by Gasteiger charge is 2.19. The normalized spacial score (nSPS) is 10.6. The second kappa shape index (κ2) is 10.1. The van der Waals surface area contributed by atoms with Crippen LogP contribution < -0.4 is 11.1 Å². The van der Waals surface area contributed by atoms with Crippen LogP contribution in [0.1, 0.15) is 32.0 Å². The summed E-state index contributed by atoms with van der Waals surface area (Å²) in [6, 6.07) is 13.3. The summed E-state index contributed by atoms with van der Waals surface area (Å²) in [4.78, 5) is 27.4. The van der Waals surface area contributed by atoms with E-state index in [0.717, 1.165) is 18.2 Å². The molecule has 0 fully saturated rings. The first kappa shape index (κ1) is 21.6. The number of nitrogens with zero attached hydrogens (tertiary/aromatic N) is 1. The molecule has 2 amide bonds. The molecular formula is C22H21F2N3O2S. The van der Waals surface area contributed by atoms with Crippen molar-refractivity contribution >= 4 is 28.8 Å². The van der Waals surface area contributed by atoms with Gasteiger partial charge >= 0.3 is 0 Å². The van der Waals surface area contributed by atoms with Crippen molar-refractivity contribution in [3.05, 3.63) is 87.6 Å². The molecule has 0 aliphatic carbocycles. The highest BCUT2D eigenvalue weighted by atomic mass is 32.1. The Morgan fingerprint density at radius 2 is 1.77 bits per heavy atom. The second-order valence-corrected chi connectivity index (χ2v) is 7.56. The largest absolute Gasteiger partial charge is 0.334 e. The number of para-hydroxylation sites is 1. The lowest BCUT2D eigenvalue weighted by molar-refractivity contribution is 0.0741. The van der Waals surface area contributed by atoms with Crippen molar-refractivity contribution in [3.8, 4) is 0 Å². The smallest absolute Gasteiger partial charge is 0.265 e. The van der Waals surface area contributed by atoms with Crippen molar-refractivity contribution in [2.45, 2.75) is 13.0 Å². The zero-order valence-corrected chi connectivity index (χ0v) is 16.9. The van der Waals surface area contributed by atoms with Crippen LogP contribution >= 0.6 is 11.3 Å². The lowest BCUT2D eigenvalue weighted by Gasteiger charge is -2.24. The number of rotatable bonds is 8. The minimum Gasteiger partial charge on any atom is -0.334 e. The van der Waals surface area contributed by atoms with E-state index in [9.17, 15) is 18.4 Å². The summed E-state index contributed by atoms with van der Waals surface area (Å²) in [6.07, 6.45) is 0.521. The monoisotopic (exact) mass is 429 g/mol. The molecule has 1 aromatic heterocycles. The van der Waals surface area contributed by atoms with E-state index in [1.165, 1.54) is 16.2 Å². The molecule has 2 aromatic carbocycles. The van der Waals surface area contributed by atoms with Crippen LogP contribution in [0.5, 0.6) is 0 Å². The van der Waals surface area contributed by atoms with Gasteiger partial charge < -0.3 is 16.0 Å². The van der Waals surface area contributed by atoms with Crippen molar-refractivity contribution < 1.29 is 18.4 Å². The Morgan fingerprint density at radius 1 is 1.03 bits per heavy atom. The van der Waals surface area contributed by atoms with Crippen LogP contribution in [0.4, 0.5) is 14.5 Å². The third-order valence-electron chi connectivity index (χ3n) is 4.40. The first-order chi connectivity index (χ1) is 14.5. The summed E-state index contributed by atoms with van der Waals surface area (Å²) in [5.41, 5.74) is 6.78. The third kappa shape index (κ3) is 5.49. The van der Waals surface area contributed by atoms with Crippen molar-refractivity contribution in [2.75, 3.05) is 18.4 Å². The number of benzene rings is 2. The predicted octanol–water partition coefficient (Wildman–Crippen LogP) is 4.27. The van der Waals surface area contributed by atoms with E-state index in [2.05, 4.69) is 5.32 Å². The van der Waals surface area contributed by atoms with Crippen LogP contribution in [0, 0.1) is 11.6 Å². The molecule has 8 heteroatoms. The molecule has 5 nitrogen and oxygen atoms in total. The summed E-state index contributed by atoms with van der Waals surface area (Å²) in [5.74, 6) is -2.40. The first-order valence-electron chi connectivity index (χ1n) is 9.36. The molecule has 30 heavy (non-hydrogen) atoms. The van der Waals surface area contributed by atoms with Crippen LogP contribution in [0.3, 0.4) is 0 Å². The summed E-state index contributed by atoms with van der Waals surface area (Å²) >= 11 is 1.32. The molecule has 3 rings (SSSR count). The molecule has 0 saturated heterocycles. The van der Waals surface area contributed by atoms with Gasteiger partial charge in [-0.2, -0.15) is 0 Å². The fourth-order valence-electron chi connectivity index (χ4n) is 2.97. The molecule has 3 aromatic rings. The van der Waals surface area contributed by atoms with E-state index in [-0.39, 0.29) is 18.0 Å². The van der Waals surface area contributed by atoms with E-state index in [4.69, 9.17) is 5.73 Å². The summed E-state index contributed by atoms with van der Waals surface area (Å²) < 4.78 is 27.2. The van der Waals surface area contributed by atoms with E-state index < -0.39 is 17.5 Å². The topological polar surface area (TPSA) is 75.4 Å². The molecule has 0 aliphatic heterocycles. The van der Waals surface area contributed by atoms with Gasteiger partial charge in [0.15, 0.2) is 0 Å². The van der Waals surface area contributed by atoms with Crippen LogP contribution in [-0.2, 0) is 6.54 Å². The lowest BCUT2D eigenvalue weighted by Crippen LogP contribution is -2.33. The predicted molar refractivity (Wildman–Crippen MR) is 113 cm³/mol. The number of carbonyl (C=O) groups excluding carboxylic acids is 2. The van der Waals surface area contributed by atoms with Gasteiger partial charge in [0.05, 0.1) is 4.88 Å². The Labute approximate surface area is 177 Å². The Hall–Kier alpha value is -3.10. The van der Waals surface area contributed by atoms with Gasteiger partial charge in [0, 0.05) is 30.4 Å². The number of amides is 2. The minimum absolute atomic E-state index is 0.0791. The summed E-state index contributed by atoms with van der Waals surface area (Å²) in [7, 11) is 0. The fourth-order valence-corrected chi connectivity index (χ4v) is 3.59. The van der Waals surface area contributed by atoms with Gasteiger partial charge in [-0.3, -0.25) is 9.59 Å². The standard InChI is InChI=1S/C22H21F2N3O2S/c23-17-11-16(12-18(24)13-17)22(29)27(9-4-8-25)14-15-5-1-2-6-19(15)26-21(28)20-7-3-10-30-20/h1-3,5-7,10-13H,4,8-9,14,25H2,(H,26,28). The number of halogens is 2. The van der Waals surface area contributed by atoms with Crippen LogP contribution in [0.25, 0.3) is 0 Å². The average molecular weight is 429 g/mol. The van der Waals surface area contributed by atoms with E-state index in [1.54, 1.807) is 36.4 Å². The van der Waals surface area contributed by atoms with Gasteiger partial charge in [-0.1, -0.05) is 24.3 Å². The van der Waals surface area contributed by atoms with Crippen molar-refractivity contribution in [1.82, 2.24) is 4.90 Å². The van der Waals surface area contributed by atoms with Gasteiger partial charge in [-0.05, 0) is 48.2 Å². The maximum atomic E-state index is 13.6. The Balaban J connectivity index is 1.84. The van der Waals surface area contributed by atoms with Crippen LogP contribution in [-0.4, -0.2) is 29.8 Å². The molecule has 0 spiro atoms. The number of hydrogen-bond donors (Lipinski definition) is 2. The number of hydrogen-bond acceptors (Lipinski definition) is 4. The maximum absolute atomic E-state index is 13.6. The second-order valence-electron chi connectivity index (χ2n) is 6.62. The molecule has 1 heterocycles. The lowest BCUT2D eigenvalue weighted by atomic mass is 10.1. The summed E-state index contributed by atoms with van der Waals surface area (Å²) in [5, 5.41) is 4.67. The molecule has 156 valence electrons. The fraction of sp³-hybridized carbons (Fsp3) is 0.182. The molecule has 3 N–H and O–H groups in total. The average Bonchev–Trinajstić information content (AvgIpc) is 3.26. The van der Waals surface area contributed by atoms with Gasteiger partial charge in [-0.25, -0.2) is 8.78 Å².